The first-order chi connectivity index (χ1) is 16.6. The van der Waals surface area contributed by atoms with Crippen molar-refractivity contribution >= 4 is 22.4 Å². The van der Waals surface area contributed by atoms with Gasteiger partial charge in [-0.2, -0.15) is 4.98 Å². The fourth-order valence-corrected chi connectivity index (χ4v) is 4.00. The average molecular weight is 474 g/mol. The summed E-state index contributed by atoms with van der Waals surface area (Å²) in [6.45, 7) is 2.43. The second kappa shape index (κ2) is 9.03. The van der Waals surface area contributed by atoms with Gasteiger partial charge in [-0.05, 0) is 49.4 Å². The van der Waals surface area contributed by atoms with Crippen molar-refractivity contribution in [3.8, 4) is 40.0 Å². The van der Waals surface area contributed by atoms with Gasteiger partial charge in [0.2, 0.25) is 5.82 Å². The highest BCUT2D eigenvalue weighted by Crippen LogP contribution is 2.33. The van der Waals surface area contributed by atoms with Gasteiger partial charge in [0.15, 0.2) is 11.5 Å². The molecule has 7 nitrogen and oxygen atoms in total. The van der Waals surface area contributed by atoms with Gasteiger partial charge in [0.05, 0.1) is 25.0 Å². The molecule has 0 bridgehead atoms. The van der Waals surface area contributed by atoms with Crippen molar-refractivity contribution in [3.63, 3.8) is 0 Å². The molecule has 0 fully saturated rings. The molecule has 0 unspecified atom stereocenters. The Bertz CT molecular complexity index is 1560. The number of ether oxygens (including phenoxy) is 2. The van der Waals surface area contributed by atoms with Crippen molar-refractivity contribution in [1.82, 2.24) is 14.7 Å². The normalized spacial score (nSPS) is 11.0. The Kier molecular flexibility index (Phi) is 5.77. The molecule has 34 heavy (non-hydrogen) atoms. The maximum absolute atomic E-state index is 13.2. The van der Waals surface area contributed by atoms with E-state index in [9.17, 15) is 4.79 Å². The van der Waals surface area contributed by atoms with Crippen LogP contribution in [0.15, 0.2) is 82.2 Å². The Morgan fingerprint density at radius 2 is 1.82 bits per heavy atom. The maximum Gasteiger partial charge on any atom is 0.262 e. The Hall–Kier alpha value is -4.10. The Morgan fingerprint density at radius 3 is 2.59 bits per heavy atom. The van der Waals surface area contributed by atoms with Gasteiger partial charge in [-0.3, -0.25) is 9.36 Å². The van der Waals surface area contributed by atoms with Crippen molar-refractivity contribution in [1.29, 1.82) is 0 Å². The lowest BCUT2D eigenvalue weighted by Gasteiger charge is -2.11. The van der Waals surface area contributed by atoms with Crippen LogP contribution in [0, 0.1) is 0 Å². The van der Waals surface area contributed by atoms with E-state index in [2.05, 4.69) is 10.1 Å². The summed E-state index contributed by atoms with van der Waals surface area (Å²) in [5.41, 5.74) is 1.81. The zero-order chi connectivity index (χ0) is 23.7. The molecule has 3 aromatic carbocycles. The summed E-state index contributed by atoms with van der Waals surface area (Å²) < 4.78 is 18.2. The quantitative estimate of drug-likeness (QED) is 0.311. The second-order valence-electron chi connectivity index (χ2n) is 7.47. The molecular formula is C26H20ClN3O4. The topological polar surface area (TPSA) is 79.4 Å². The van der Waals surface area contributed by atoms with E-state index in [-0.39, 0.29) is 11.4 Å². The number of nitrogens with zero attached hydrogens (tertiary/aromatic N) is 3. The molecule has 0 saturated carbocycles. The molecule has 0 N–H and O–H groups in total. The van der Waals surface area contributed by atoms with Gasteiger partial charge < -0.3 is 14.0 Å². The molecule has 0 aliphatic rings. The summed E-state index contributed by atoms with van der Waals surface area (Å²) in [5, 5.41) is 5.94. The third-order valence-electron chi connectivity index (χ3n) is 5.39. The molecular weight excluding hydrogens is 454 g/mol. The predicted molar refractivity (Wildman–Crippen MR) is 131 cm³/mol. The van der Waals surface area contributed by atoms with Crippen LogP contribution in [0.25, 0.3) is 39.3 Å². The van der Waals surface area contributed by atoms with E-state index in [0.29, 0.717) is 56.5 Å². The molecule has 0 atom stereocenters. The van der Waals surface area contributed by atoms with Gasteiger partial charge >= 0.3 is 0 Å². The SMILES string of the molecule is CCOc1ccc(-c2noc(-c3cn(-c4cccc(Cl)c4)c(=O)c4ccccc34)n2)cc1OC. The molecule has 8 heteroatoms. The lowest BCUT2D eigenvalue weighted by Crippen LogP contribution is -2.18. The molecule has 170 valence electrons. The van der Waals surface area contributed by atoms with Crippen LogP contribution < -0.4 is 15.0 Å². The zero-order valence-electron chi connectivity index (χ0n) is 18.5. The number of rotatable bonds is 6. The predicted octanol–water partition coefficient (Wildman–Crippen LogP) is 5.77. The number of methoxy groups -OCH3 is 1. The van der Waals surface area contributed by atoms with Gasteiger partial charge in [0, 0.05) is 27.6 Å². The Balaban J connectivity index is 1.65. The molecule has 0 amide bonds. The van der Waals surface area contributed by atoms with E-state index < -0.39 is 0 Å². The first kappa shape index (κ1) is 21.7. The van der Waals surface area contributed by atoms with E-state index >= 15 is 0 Å². The van der Waals surface area contributed by atoms with Gasteiger partial charge in [0.25, 0.3) is 11.4 Å². The maximum atomic E-state index is 13.2. The summed E-state index contributed by atoms with van der Waals surface area (Å²) in [6, 6.07) is 19.9. The average Bonchev–Trinajstić information content (AvgIpc) is 3.35. The highest BCUT2D eigenvalue weighted by Gasteiger charge is 2.18. The number of fused-ring (bicyclic) bond motifs is 1. The highest BCUT2D eigenvalue weighted by molar-refractivity contribution is 6.30. The zero-order valence-corrected chi connectivity index (χ0v) is 19.2. The summed E-state index contributed by atoms with van der Waals surface area (Å²) in [4.78, 5) is 17.9. The number of hydrogen-bond donors (Lipinski definition) is 0. The van der Waals surface area contributed by atoms with E-state index in [1.54, 1.807) is 43.6 Å². The lowest BCUT2D eigenvalue weighted by molar-refractivity contribution is 0.311. The molecule has 5 rings (SSSR count). The van der Waals surface area contributed by atoms with E-state index in [1.807, 2.05) is 43.3 Å². The first-order valence-corrected chi connectivity index (χ1v) is 11.0. The van der Waals surface area contributed by atoms with Crippen LogP contribution in [0.1, 0.15) is 6.92 Å². The summed E-state index contributed by atoms with van der Waals surface area (Å²) in [5.74, 6) is 1.89. The van der Waals surface area contributed by atoms with Gasteiger partial charge in [-0.15, -0.1) is 0 Å². The van der Waals surface area contributed by atoms with Gasteiger partial charge in [0.1, 0.15) is 0 Å². The van der Waals surface area contributed by atoms with Crippen LogP contribution in [0.4, 0.5) is 0 Å². The number of halogens is 1. The third-order valence-corrected chi connectivity index (χ3v) is 5.62. The fraction of sp³-hybridized carbons (Fsp3) is 0.115. The van der Waals surface area contributed by atoms with E-state index in [1.165, 1.54) is 4.57 Å². The van der Waals surface area contributed by atoms with Crippen LogP contribution in [-0.4, -0.2) is 28.4 Å². The molecule has 0 saturated heterocycles. The Morgan fingerprint density at radius 1 is 1.00 bits per heavy atom. The minimum Gasteiger partial charge on any atom is -0.493 e. The van der Waals surface area contributed by atoms with E-state index in [0.717, 1.165) is 0 Å². The number of aromatic nitrogens is 3. The fourth-order valence-electron chi connectivity index (χ4n) is 3.81. The van der Waals surface area contributed by atoms with Crippen LogP contribution in [0.3, 0.4) is 0 Å². The highest BCUT2D eigenvalue weighted by atomic mass is 35.5. The number of benzene rings is 3. The smallest absolute Gasteiger partial charge is 0.262 e. The molecule has 2 heterocycles. The van der Waals surface area contributed by atoms with Crippen LogP contribution in [0.5, 0.6) is 11.5 Å². The summed E-state index contributed by atoms with van der Waals surface area (Å²) >= 11 is 6.17. The molecule has 0 aliphatic heterocycles. The van der Waals surface area contributed by atoms with Crippen molar-refractivity contribution in [2.75, 3.05) is 13.7 Å². The van der Waals surface area contributed by atoms with Gasteiger partial charge in [-0.1, -0.05) is 41.0 Å². The van der Waals surface area contributed by atoms with Gasteiger partial charge in [-0.25, -0.2) is 0 Å². The summed E-state index contributed by atoms with van der Waals surface area (Å²) in [7, 11) is 1.58. The molecule has 2 aromatic heterocycles. The molecule has 5 aromatic rings. The molecule has 0 spiro atoms. The van der Waals surface area contributed by atoms with Crippen LogP contribution in [0.2, 0.25) is 5.02 Å². The number of hydrogen-bond acceptors (Lipinski definition) is 6. The van der Waals surface area contributed by atoms with Crippen molar-refractivity contribution < 1.29 is 14.0 Å². The van der Waals surface area contributed by atoms with Crippen molar-refractivity contribution in [2.45, 2.75) is 6.92 Å². The summed E-state index contributed by atoms with van der Waals surface area (Å²) in [6.07, 6.45) is 1.70. The largest absolute Gasteiger partial charge is 0.493 e. The van der Waals surface area contributed by atoms with Crippen molar-refractivity contribution in [3.05, 3.63) is 88.3 Å². The van der Waals surface area contributed by atoms with Crippen LogP contribution >= 0.6 is 11.6 Å². The van der Waals surface area contributed by atoms with Crippen molar-refractivity contribution in [2.24, 2.45) is 0 Å². The van der Waals surface area contributed by atoms with Crippen LogP contribution in [-0.2, 0) is 0 Å². The standard InChI is InChI=1S/C26H20ClN3O4/c1-3-33-22-12-11-16(13-23(22)32-2)24-28-25(34-29-24)21-15-30(18-8-6-7-17(27)14-18)26(31)20-10-5-4-9-19(20)21/h4-15H,3H2,1-2H3. The molecule has 0 aliphatic carbocycles. The number of pyridine rings is 1. The lowest BCUT2D eigenvalue weighted by atomic mass is 10.1. The third kappa shape index (κ3) is 3.91. The monoisotopic (exact) mass is 473 g/mol. The molecule has 0 radical (unpaired) electrons. The van der Waals surface area contributed by atoms with E-state index in [4.69, 9.17) is 25.6 Å². The minimum absolute atomic E-state index is 0.169. The first-order valence-electron chi connectivity index (χ1n) is 10.6. The minimum atomic E-state index is -0.169. The second-order valence-corrected chi connectivity index (χ2v) is 7.90. The Labute approximate surface area is 200 Å².